The van der Waals surface area contributed by atoms with Gasteiger partial charge in [0.25, 0.3) is 0 Å². The number of ether oxygens (including phenoxy) is 2. The van der Waals surface area contributed by atoms with Gasteiger partial charge < -0.3 is 19.7 Å². The quantitative estimate of drug-likeness (QED) is 0.758. The van der Waals surface area contributed by atoms with Gasteiger partial charge in [-0.1, -0.05) is 24.3 Å². The average Bonchev–Trinajstić information content (AvgIpc) is 2.62. The van der Waals surface area contributed by atoms with E-state index in [1.807, 2.05) is 24.1 Å². The Labute approximate surface area is 147 Å². The number of carbonyl (C=O) groups is 1. The second-order valence-corrected chi connectivity index (χ2v) is 5.58. The SMILES string of the molecule is COc1ccccc1NC(=O)CCN(C)CCOc1ccccc1F. The highest BCUT2D eigenvalue weighted by Gasteiger charge is 2.09. The standard InChI is InChI=1S/C19H23FN2O3/c1-22(13-14-25-17-9-5-3-7-15(17)20)12-11-19(23)21-16-8-4-6-10-18(16)24-2/h3-10H,11-14H2,1-2H3,(H,21,23). The fraction of sp³-hybridized carbons (Fsp3) is 0.316. The third-order valence-electron chi connectivity index (χ3n) is 3.67. The molecule has 0 unspecified atom stereocenters. The molecule has 0 aliphatic heterocycles. The Morgan fingerprint density at radius 2 is 1.76 bits per heavy atom. The molecule has 0 bridgehead atoms. The third-order valence-corrected chi connectivity index (χ3v) is 3.67. The van der Waals surface area contributed by atoms with Gasteiger partial charge in [0.05, 0.1) is 12.8 Å². The van der Waals surface area contributed by atoms with Gasteiger partial charge in [-0.15, -0.1) is 0 Å². The molecule has 25 heavy (non-hydrogen) atoms. The van der Waals surface area contributed by atoms with Crippen LogP contribution in [0, 0.1) is 5.82 Å². The van der Waals surface area contributed by atoms with E-state index < -0.39 is 0 Å². The summed E-state index contributed by atoms with van der Waals surface area (Å²) in [6, 6.07) is 13.6. The molecule has 0 aliphatic carbocycles. The first-order valence-electron chi connectivity index (χ1n) is 8.09. The van der Waals surface area contributed by atoms with E-state index in [1.54, 1.807) is 37.4 Å². The van der Waals surface area contributed by atoms with Gasteiger partial charge in [0, 0.05) is 19.5 Å². The second-order valence-electron chi connectivity index (χ2n) is 5.58. The van der Waals surface area contributed by atoms with Crippen molar-refractivity contribution in [3.63, 3.8) is 0 Å². The van der Waals surface area contributed by atoms with E-state index >= 15 is 0 Å². The molecule has 0 aliphatic rings. The van der Waals surface area contributed by atoms with Gasteiger partial charge in [0.15, 0.2) is 11.6 Å². The summed E-state index contributed by atoms with van der Waals surface area (Å²) in [5.41, 5.74) is 0.653. The van der Waals surface area contributed by atoms with Gasteiger partial charge in [-0.2, -0.15) is 0 Å². The van der Waals surface area contributed by atoms with Crippen molar-refractivity contribution in [1.29, 1.82) is 0 Å². The topological polar surface area (TPSA) is 50.8 Å². The highest BCUT2D eigenvalue weighted by atomic mass is 19.1. The molecule has 2 aromatic carbocycles. The number of benzene rings is 2. The normalized spacial score (nSPS) is 10.6. The maximum Gasteiger partial charge on any atom is 0.225 e. The zero-order chi connectivity index (χ0) is 18.1. The lowest BCUT2D eigenvalue weighted by atomic mass is 10.2. The molecule has 1 amide bonds. The minimum absolute atomic E-state index is 0.0913. The Bertz CT molecular complexity index is 694. The number of hydrogen-bond donors (Lipinski definition) is 1. The van der Waals surface area contributed by atoms with E-state index in [4.69, 9.17) is 9.47 Å². The van der Waals surface area contributed by atoms with Crippen LogP contribution in [0.1, 0.15) is 6.42 Å². The van der Waals surface area contributed by atoms with Gasteiger partial charge >= 0.3 is 0 Å². The van der Waals surface area contributed by atoms with Crippen LogP contribution in [0.25, 0.3) is 0 Å². The fourth-order valence-electron chi connectivity index (χ4n) is 2.24. The van der Waals surface area contributed by atoms with Crippen LogP contribution in [0.3, 0.4) is 0 Å². The number of nitrogens with zero attached hydrogens (tertiary/aromatic N) is 1. The molecule has 2 aromatic rings. The smallest absolute Gasteiger partial charge is 0.225 e. The lowest BCUT2D eigenvalue weighted by molar-refractivity contribution is -0.116. The lowest BCUT2D eigenvalue weighted by Gasteiger charge is -2.17. The lowest BCUT2D eigenvalue weighted by Crippen LogP contribution is -2.28. The maximum atomic E-state index is 13.4. The van der Waals surface area contributed by atoms with Crippen LogP contribution in [0.4, 0.5) is 10.1 Å². The molecule has 0 aromatic heterocycles. The molecule has 0 radical (unpaired) electrons. The summed E-state index contributed by atoms with van der Waals surface area (Å²) < 4.78 is 24.0. The van der Waals surface area contributed by atoms with Gasteiger partial charge in [-0.25, -0.2) is 4.39 Å². The zero-order valence-corrected chi connectivity index (χ0v) is 14.5. The summed E-state index contributed by atoms with van der Waals surface area (Å²) in [5, 5.41) is 2.83. The summed E-state index contributed by atoms with van der Waals surface area (Å²) in [6.45, 7) is 1.52. The molecular formula is C19H23FN2O3. The number of carbonyl (C=O) groups excluding carboxylic acids is 1. The molecule has 0 saturated heterocycles. The molecule has 0 saturated carbocycles. The molecule has 1 N–H and O–H groups in total. The molecule has 0 heterocycles. The number of hydrogen-bond acceptors (Lipinski definition) is 4. The number of para-hydroxylation sites is 3. The summed E-state index contributed by atoms with van der Waals surface area (Å²) >= 11 is 0. The van der Waals surface area contributed by atoms with Crippen molar-refractivity contribution in [2.75, 3.05) is 39.2 Å². The Balaban J connectivity index is 1.70. The van der Waals surface area contributed by atoms with E-state index in [-0.39, 0.29) is 17.5 Å². The molecular weight excluding hydrogens is 323 g/mol. The van der Waals surface area contributed by atoms with Gasteiger partial charge in [-0.3, -0.25) is 4.79 Å². The number of likely N-dealkylation sites (N-methyl/N-ethyl adjacent to an activating group) is 1. The number of amides is 1. The van der Waals surface area contributed by atoms with Gasteiger partial charge in [0.1, 0.15) is 12.4 Å². The number of rotatable bonds is 9. The Morgan fingerprint density at radius 1 is 1.08 bits per heavy atom. The van der Waals surface area contributed by atoms with Crippen LogP contribution in [-0.4, -0.2) is 44.7 Å². The highest BCUT2D eigenvalue weighted by molar-refractivity contribution is 5.92. The Kier molecular flexibility index (Phi) is 7.22. The number of halogens is 1. The molecule has 2 rings (SSSR count). The first kappa shape index (κ1) is 18.7. The monoisotopic (exact) mass is 346 g/mol. The van der Waals surface area contributed by atoms with E-state index in [0.29, 0.717) is 37.6 Å². The fourth-order valence-corrected chi connectivity index (χ4v) is 2.24. The van der Waals surface area contributed by atoms with Crippen molar-refractivity contribution in [1.82, 2.24) is 4.90 Å². The van der Waals surface area contributed by atoms with Crippen LogP contribution < -0.4 is 14.8 Å². The minimum atomic E-state index is -0.374. The van der Waals surface area contributed by atoms with E-state index in [1.165, 1.54) is 6.07 Å². The first-order valence-corrected chi connectivity index (χ1v) is 8.09. The van der Waals surface area contributed by atoms with Crippen LogP contribution in [0.5, 0.6) is 11.5 Å². The van der Waals surface area contributed by atoms with Gasteiger partial charge in [-0.05, 0) is 31.3 Å². The second kappa shape index (κ2) is 9.64. The Morgan fingerprint density at radius 3 is 2.48 bits per heavy atom. The molecule has 0 fully saturated rings. The average molecular weight is 346 g/mol. The van der Waals surface area contributed by atoms with Crippen molar-refractivity contribution in [3.05, 3.63) is 54.3 Å². The predicted molar refractivity (Wildman–Crippen MR) is 95.6 cm³/mol. The minimum Gasteiger partial charge on any atom is -0.495 e. The van der Waals surface area contributed by atoms with Crippen molar-refractivity contribution < 1.29 is 18.7 Å². The van der Waals surface area contributed by atoms with Crippen molar-refractivity contribution in [2.24, 2.45) is 0 Å². The molecule has 0 atom stereocenters. The number of nitrogens with one attached hydrogen (secondary N) is 1. The summed E-state index contributed by atoms with van der Waals surface area (Å²) in [5.74, 6) is 0.403. The Hall–Kier alpha value is -2.60. The maximum absolute atomic E-state index is 13.4. The van der Waals surface area contributed by atoms with Crippen molar-refractivity contribution in [2.45, 2.75) is 6.42 Å². The number of methoxy groups -OCH3 is 1. The number of anilines is 1. The summed E-state index contributed by atoms with van der Waals surface area (Å²) in [7, 11) is 3.45. The van der Waals surface area contributed by atoms with E-state index in [2.05, 4.69) is 5.32 Å². The molecule has 6 heteroatoms. The molecule has 0 spiro atoms. The van der Waals surface area contributed by atoms with Crippen molar-refractivity contribution in [3.8, 4) is 11.5 Å². The predicted octanol–water partition coefficient (Wildman–Crippen LogP) is 3.17. The molecule has 134 valence electrons. The van der Waals surface area contributed by atoms with Gasteiger partial charge in [0.2, 0.25) is 5.91 Å². The summed E-state index contributed by atoms with van der Waals surface area (Å²) in [6.07, 6.45) is 0.342. The highest BCUT2D eigenvalue weighted by Crippen LogP contribution is 2.23. The van der Waals surface area contributed by atoms with Crippen LogP contribution >= 0.6 is 0 Å². The third kappa shape index (κ3) is 6.08. The van der Waals surface area contributed by atoms with Crippen LogP contribution in [-0.2, 0) is 4.79 Å². The zero-order valence-electron chi connectivity index (χ0n) is 14.5. The van der Waals surface area contributed by atoms with Crippen LogP contribution in [0.15, 0.2) is 48.5 Å². The molecule has 5 nitrogen and oxygen atoms in total. The summed E-state index contributed by atoms with van der Waals surface area (Å²) in [4.78, 5) is 14.0. The van der Waals surface area contributed by atoms with E-state index in [0.717, 1.165) is 0 Å². The largest absolute Gasteiger partial charge is 0.495 e. The van der Waals surface area contributed by atoms with Crippen molar-refractivity contribution >= 4 is 11.6 Å². The first-order chi connectivity index (χ1) is 12.1. The van der Waals surface area contributed by atoms with Crippen LogP contribution in [0.2, 0.25) is 0 Å². The van der Waals surface area contributed by atoms with E-state index in [9.17, 15) is 9.18 Å².